The maximum absolute atomic E-state index is 14.1. The number of aliphatic hydroxyl groups is 1. The van der Waals surface area contributed by atoms with E-state index < -0.39 is 41.8 Å². The van der Waals surface area contributed by atoms with Gasteiger partial charge in [-0.3, -0.25) is 53.2 Å². The molecule has 3 saturated heterocycles. The van der Waals surface area contributed by atoms with Crippen LogP contribution in [0.15, 0.2) is 78.4 Å². The Morgan fingerprint density at radius 3 is 2.39 bits per heavy atom. The Labute approximate surface area is 439 Å². The van der Waals surface area contributed by atoms with Crippen LogP contribution in [0.5, 0.6) is 0 Å². The molecule has 1 unspecified atom stereocenters. The largest absolute Gasteiger partial charge is 0.392 e. The van der Waals surface area contributed by atoms with Crippen molar-refractivity contribution >= 4 is 69.8 Å². The Morgan fingerprint density at radius 2 is 1.64 bits per heavy atom. The van der Waals surface area contributed by atoms with E-state index in [2.05, 4.69) is 62.2 Å². The highest BCUT2D eigenvalue weighted by Gasteiger charge is 2.47. The molecule has 3 fully saturated rings. The first-order chi connectivity index (χ1) is 36.4. The highest BCUT2D eigenvalue weighted by atomic mass is 16.3. The number of likely N-dealkylation sites (tertiary alicyclic amines) is 1. The second kappa shape index (κ2) is 19.3. The van der Waals surface area contributed by atoms with Gasteiger partial charge < -0.3 is 34.7 Å². The van der Waals surface area contributed by atoms with Crippen LogP contribution in [-0.4, -0.2) is 139 Å². The highest BCUT2D eigenvalue weighted by Crippen LogP contribution is 2.41. The first kappa shape index (κ1) is 50.2. The molecule has 5 aromatic rings. The third kappa shape index (κ3) is 8.71. The molecule has 0 bridgehead atoms. The van der Waals surface area contributed by atoms with Crippen molar-refractivity contribution in [3.8, 4) is 11.3 Å². The van der Waals surface area contributed by atoms with Crippen LogP contribution >= 0.6 is 0 Å². The van der Waals surface area contributed by atoms with Gasteiger partial charge in [-0.15, -0.1) is 0 Å². The summed E-state index contributed by atoms with van der Waals surface area (Å²) in [5.41, 5.74) is 7.29. The van der Waals surface area contributed by atoms with Crippen LogP contribution in [0, 0.1) is 5.41 Å². The summed E-state index contributed by atoms with van der Waals surface area (Å²) >= 11 is 0. The van der Waals surface area contributed by atoms with Crippen molar-refractivity contribution < 1.29 is 33.9 Å². The number of nitrogens with one attached hydrogen (secondary N) is 2. The van der Waals surface area contributed by atoms with Crippen molar-refractivity contribution in [1.29, 1.82) is 0 Å². The molecule has 8 heterocycles. The number of pyridine rings is 1. The lowest BCUT2D eigenvalue weighted by Gasteiger charge is -2.47. The van der Waals surface area contributed by atoms with Gasteiger partial charge in [-0.1, -0.05) is 20.4 Å². The fourth-order valence-electron chi connectivity index (χ4n) is 12.4. The molecule has 5 aliphatic heterocycles. The monoisotopic (exact) mass is 1030 g/mol. The number of fused-ring (bicyclic) bond motifs is 4. The number of rotatable bonds is 11. The molecule has 20 nitrogen and oxygen atoms in total. The molecule has 1 aliphatic carbocycles. The van der Waals surface area contributed by atoms with Gasteiger partial charge in [0.15, 0.2) is 5.82 Å². The van der Waals surface area contributed by atoms with Crippen LogP contribution in [0.4, 0.5) is 34.4 Å². The predicted octanol–water partition coefficient (Wildman–Crippen LogP) is 4.71. The number of nitrogens with zero attached hydrogens (tertiary/aromatic N) is 10. The number of hydrogen-bond acceptors (Lipinski definition) is 14. The Kier molecular flexibility index (Phi) is 12.8. The summed E-state index contributed by atoms with van der Waals surface area (Å²) in [7, 11) is 3.00. The Morgan fingerprint density at radius 1 is 0.868 bits per heavy atom. The lowest BCUT2D eigenvalue weighted by atomic mass is 9.90. The van der Waals surface area contributed by atoms with Crippen LogP contribution < -0.4 is 30.9 Å². The summed E-state index contributed by atoms with van der Waals surface area (Å²) in [5.74, 6) is -2.13. The van der Waals surface area contributed by atoms with Crippen molar-refractivity contribution in [1.82, 2.24) is 33.8 Å². The Hall–Kier alpha value is -7.97. The molecule has 2 atom stereocenters. The first-order valence-corrected chi connectivity index (χ1v) is 26.1. The number of aliphatic hydroxyl groups excluding tert-OH is 1. The summed E-state index contributed by atoms with van der Waals surface area (Å²) in [6, 6.07) is 13.9. The van der Waals surface area contributed by atoms with E-state index in [9.17, 15) is 38.7 Å². The number of hydrogen-bond donors (Lipinski definition) is 3. The number of piperazine rings is 1. The molecular formula is C56H62N12O8. The number of piperidine rings is 2. The fraction of sp³-hybridized carbons (Fsp3) is 0.411. The van der Waals surface area contributed by atoms with Gasteiger partial charge in [0, 0.05) is 119 Å². The highest BCUT2D eigenvalue weighted by molar-refractivity contribution is 6.23. The van der Waals surface area contributed by atoms with Gasteiger partial charge in [0.1, 0.15) is 17.6 Å². The summed E-state index contributed by atoms with van der Waals surface area (Å²) in [6.45, 7) is 14.6. The van der Waals surface area contributed by atoms with E-state index in [0.717, 1.165) is 73.0 Å². The molecule has 20 heteroatoms. The van der Waals surface area contributed by atoms with Crippen molar-refractivity contribution in [3.05, 3.63) is 118 Å². The lowest BCUT2D eigenvalue weighted by Crippen LogP contribution is -2.57. The third-order valence-electron chi connectivity index (χ3n) is 16.3. The molecule has 3 N–H and O–H groups in total. The summed E-state index contributed by atoms with van der Waals surface area (Å²) < 4.78 is 3.54. The maximum Gasteiger partial charge on any atom is 0.293 e. The van der Waals surface area contributed by atoms with Crippen molar-refractivity contribution in [2.24, 2.45) is 12.5 Å². The number of benzene rings is 2. The number of carbonyl (C=O) groups excluding carboxylic acids is 6. The van der Waals surface area contributed by atoms with Crippen LogP contribution in [0.3, 0.4) is 0 Å². The number of aromatic nitrogens is 4. The van der Waals surface area contributed by atoms with E-state index in [-0.39, 0.29) is 53.1 Å². The zero-order valence-electron chi connectivity index (χ0n) is 43.5. The molecular weight excluding hydrogens is 969 g/mol. The van der Waals surface area contributed by atoms with Crippen LogP contribution in [0.2, 0.25) is 0 Å². The summed E-state index contributed by atoms with van der Waals surface area (Å²) in [4.78, 5) is 113. The maximum atomic E-state index is 14.1. The molecule has 0 spiro atoms. The van der Waals surface area contributed by atoms with E-state index in [1.807, 2.05) is 24.3 Å². The number of anilines is 6. The Balaban J connectivity index is 0.765. The standard InChI is InChI=1S/C56H62N12O8/c1-7-47(70)59-41-25-34(58-49-55(76)61(5)30-42(60-49)37-14-17-57-50(40(37)31-69)67-23-22-66-45(54(67)75)24-33-27-56(3,4)28-46(33)66)8-11-43(41)65-21-20-64(29-32(65)2)35-15-18-63(19-16-35)36-9-10-38-39(26-36)52(73)68(51(38)72)44-12-13-48(71)62(6)53(44)74/h7-11,14,17,24-26,30,32,35,44,69H,1,12-13,15-16,18-23,27-29,31H2,2-6H3,(H,58,60)(H,59,70)/t32-,44?/m0/s1. The minimum absolute atomic E-state index is 0.0139. The SMILES string of the molecule is C=CC(=O)Nc1cc(Nc2nc(-c3ccnc(N4CCn5c(cc6c5CC(C)(C)C6)C4=O)c3CO)cn(C)c2=O)ccc1N1CCN(C2CCN(c3ccc4c(c3)C(=O)N(C3CCC(=O)N(C)C3=O)C4=O)CC2)C[C@@H]1C. The zero-order chi connectivity index (χ0) is 53.5. The number of imide groups is 2. The van der Waals surface area contributed by atoms with Gasteiger partial charge in [-0.25, -0.2) is 9.97 Å². The van der Waals surface area contributed by atoms with Crippen molar-refractivity contribution in [3.63, 3.8) is 0 Å². The van der Waals surface area contributed by atoms with Crippen molar-refractivity contribution in [2.45, 2.75) is 90.6 Å². The quantitative estimate of drug-likeness (QED) is 0.121. The van der Waals surface area contributed by atoms with E-state index in [1.54, 1.807) is 48.6 Å². The minimum Gasteiger partial charge on any atom is -0.392 e. The smallest absolute Gasteiger partial charge is 0.293 e. The number of aryl methyl sites for hydroxylation is 1. The minimum atomic E-state index is -1.00. The number of likely N-dealkylation sites (N-methyl/N-ethyl adjacent to an activating group) is 1. The van der Waals surface area contributed by atoms with E-state index >= 15 is 0 Å². The molecule has 0 radical (unpaired) electrons. The van der Waals surface area contributed by atoms with Crippen molar-refractivity contribution in [2.75, 3.05) is 71.6 Å². The van der Waals surface area contributed by atoms with Gasteiger partial charge in [0.2, 0.25) is 11.8 Å². The molecule has 6 amide bonds. The molecule has 3 aromatic heterocycles. The third-order valence-corrected chi connectivity index (χ3v) is 16.3. The van der Waals surface area contributed by atoms with Gasteiger partial charge in [-0.05, 0) is 105 Å². The average molecular weight is 1030 g/mol. The zero-order valence-corrected chi connectivity index (χ0v) is 43.5. The van der Waals surface area contributed by atoms with Gasteiger partial charge in [0.05, 0.1) is 34.8 Å². The van der Waals surface area contributed by atoms with E-state index in [1.165, 1.54) is 28.9 Å². The summed E-state index contributed by atoms with van der Waals surface area (Å²) in [5, 5.41) is 17.1. The summed E-state index contributed by atoms with van der Waals surface area (Å²) in [6.07, 6.45) is 8.16. The van der Waals surface area contributed by atoms with Crippen LogP contribution in [0.1, 0.15) is 94.5 Å². The van der Waals surface area contributed by atoms with Gasteiger partial charge in [0.25, 0.3) is 29.2 Å². The predicted molar refractivity (Wildman–Crippen MR) is 286 cm³/mol. The second-order valence-electron chi connectivity index (χ2n) is 21.7. The molecule has 76 heavy (non-hydrogen) atoms. The molecule has 11 rings (SSSR count). The fourth-order valence-corrected chi connectivity index (χ4v) is 12.4. The van der Waals surface area contributed by atoms with Gasteiger partial charge in [-0.2, -0.15) is 0 Å². The van der Waals surface area contributed by atoms with Crippen LogP contribution in [0.25, 0.3) is 11.3 Å². The van der Waals surface area contributed by atoms with E-state index in [0.29, 0.717) is 65.4 Å². The Bertz CT molecular complexity index is 3350. The van der Waals surface area contributed by atoms with Gasteiger partial charge >= 0.3 is 0 Å². The second-order valence-corrected chi connectivity index (χ2v) is 21.7. The molecule has 394 valence electrons. The normalized spacial score (nSPS) is 20.8. The van der Waals surface area contributed by atoms with E-state index in [4.69, 9.17) is 4.98 Å². The van der Waals surface area contributed by atoms with Crippen LogP contribution in [-0.2, 0) is 47.4 Å². The topological polar surface area (TPSA) is 219 Å². The molecule has 6 aliphatic rings. The lowest BCUT2D eigenvalue weighted by molar-refractivity contribution is -0.149. The molecule has 2 aromatic carbocycles. The first-order valence-electron chi connectivity index (χ1n) is 26.1. The number of carbonyl (C=O) groups is 6. The average Bonchev–Trinajstić information content (AvgIpc) is 4.05. The molecule has 0 saturated carbocycles. The number of amides is 6.